The van der Waals surface area contributed by atoms with Crippen LogP contribution in [-0.4, -0.2) is 14.5 Å². The summed E-state index contributed by atoms with van der Waals surface area (Å²) in [6.45, 7) is -0.273. The Morgan fingerprint density at radius 3 is 2.50 bits per heavy atom. The lowest BCUT2D eigenvalue weighted by Gasteiger charge is -2.11. The molecule has 0 aliphatic rings. The number of hydrogen-bond acceptors (Lipinski definition) is 3. The average molecular weight is 392 g/mol. The Morgan fingerprint density at radius 1 is 0.833 bits per heavy atom. The molecular formula is C26H19N3O. The van der Waals surface area contributed by atoms with E-state index in [-0.39, 0.29) is 5.69 Å². The summed E-state index contributed by atoms with van der Waals surface area (Å²) in [6, 6.07) is 25.5. The van der Waals surface area contributed by atoms with E-state index in [1.165, 1.54) is 0 Å². The van der Waals surface area contributed by atoms with Crippen LogP contribution in [0.25, 0.3) is 50.2 Å². The third kappa shape index (κ3) is 2.40. The molecule has 0 atom stereocenters. The number of furan rings is 1. The highest BCUT2D eigenvalue weighted by atomic mass is 16.3. The third-order valence-electron chi connectivity index (χ3n) is 5.51. The van der Waals surface area contributed by atoms with E-state index in [4.69, 9.17) is 13.5 Å². The first-order valence-corrected chi connectivity index (χ1v) is 9.78. The van der Waals surface area contributed by atoms with Gasteiger partial charge in [0, 0.05) is 26.3 Å². The summed E-state index contributed by atoms with van der Waals surface area (Å²) >= 11 is 0. The van der Waals surface area contributed by atoms with E-state index in [1.54, 1.807) is 12.1 Å². The number of para-hydroxylation sites is 3. The average Bonchev–Trinajstić information content (AvgIpc) is 3.36. The summed E-state index contributed by atoms with van der Waals surface area (Å²) in [7, 11) is 0. The van der Waals surface area contributed by atoms with Gasteiger partial charge in [-0.05, 0) is 55.7 Å². The molecule has 0 amide bonds. The van der Waals surface area contributed by atoms with Crippen molar-refractivity contribution in [1.82, 2.24) is 14.5 Å². The maximum atomic E-state index is 7.69. The summed E-state index contributed by atoms with van der Waals surface area (Å²) in [5.74, 6) is 0.764. The molecule has 30 heavy (non-hydrogen) atoms. The van der Waals surface area contributed by atoms with Gasteiger partial charge in [0.1, 0.15) is 11.4 Å². The fraction of sp³-hybridized carbons (Fsp3) is 0.0769. The normalized spacial score (nSPS) is 13.6. The Hall–Kier alpha value is -3.92. The van der Waals surface area contributed by atoms with Gasteiger partial charge in [-0.2, -0.15) is 0 Å². The summed E-state index contributed by atoms with van der Waals surface area (Å²) in [5, 5.41) is 1.66. The zero-order valence-corrected chi connectivity index (χ0v) is 16.3. The molecule has 0 bridgehead atoms. The van der Waals surface area contributed by atoms with E-state index in [2.05, 4.69) is 27.8 Å². The van der Waals surface area contributed by atoms with Crippen LogP contribution in [0, 0.1) is 13.8 Å². The first-order valence-electron chi connectivity index (χ1n) is 11.3. The van der Waals surface area contributed by atoms with Crippen LogP contribution in [0.15, 0.2) is 83.3 Å². The minimum absolute atomic E-state index is 0.0175. The minimum Gasteiger partial charge on any atom is -0.437 e. The van der Waals surface area contributed by atoms with Gasteiger partial charge in [-0.15, -0.1) is 0 Å². The molecule has 0 fully saturated rings. The van der Waals surface area contributed by atoms with Crippen LogP contribution in [0.5, 0.6) is 0 Å². The molecular weight excluding hydrogens is 370 g/mol. The molecule has 0 aliphatic heterocycles. The second-order valence-electron chi connectivity index (χ2n) is 7.38. The number of imidazole rings is 1. The molecule has 4 nitrogen and oxygen atoms in total. The lowest BCUT2D eigenvalue weighted by Crippen LogP contribution is -1.99. The van der Waals surface area contributed by atoms with Gasteiger partial charge in [-0.25, -0.2) is 9.97 Å². The van der Waals surface area contributed by atoms with Crippen LogP contribution in [-0.2, 0) is 0 Å². The van der Waals surface area contributed by atoms with E-state index >= 15 is 0 Å². The van der Waals surface area contributed by atoms with Gasteiger partial charge in [0.15, 0.2) is 0 Å². The Kier molecular flexibility index (Phi) is 2.96. The van der Waals surface area contributed by atoms with E-state index in [0.29, 0.717) is 11.3 Å². The fourth-order valence-corrected chi connectivity index (χ4v) is 4.13. The number of pyridine rings is 1. The quantitative estimate of drug-likeness (QED) is 0.333. The molecule has 3 aromatic carbocycles. The maximum Gasteiger partial charge on any atom is 0.227 e. The molecule has 0 radical (unpaired) electrons. The van der Waals surface area contributed by atoms with Crippen molar-refractivity contribution in [2.45, 2.75) is 13.8 Å². The van der Waals surface area contributed by atoms with Gasteiger partial charge in [0.05, 0.1) is 16.6 Å². The van der Waals surface area contributed by atoms with Crippen molar-refractivity contribution in [3.8, 4) is 17.1 Å². The van der Waals surface area contributed by atoms with E-state index in [0.717, 1.165) is 44.4 Å². The standard InChI is InChI=1S/C26H19N3O/c1-16-12-14-19-20-15-13-17(2)27-26(20)30-24(19)23(16)25-28-21-10-6-7-11-22(21)29(25)18-8-4-3-5-9-18/h3-15H,1-2H3/i2D3. The van der Waals surface area contributed by atoms with Gasteiger partial charge in [-0.3, -0.25) is 4.57 Å². The first-order chi connectivity index (χ1) is 15.9. The Labute approximate surface area is 177 Å². The molecule has 3 aromatic heterocycles. The van der Waals surface area contributed by atoms with Gasteiger partial charge < -0.3 is 4.42 Å². The summed E-state index contributed by atoms with van der Waals surface area (Å²) in [4.78, 5) is 9.30. The molecule has 3 heterocycles. The lowest BCUT2D eigenvalue weighted by atomic mass is 10.0. The SMILES string of the molecule is [2H]C([2H])([2H])c1ccc2c(n1)oc1c(-c3nc4ccccc4n3-c3ccccc3)c(C)ccc12. The first kappa shape index (κ1) is 14.1. The lowest BCUT2D eigenvalue weighted by molar-refractivity contribution is 0.653. The molecule has 6 aromatic rings. The largest absolute Gasteiger partial charge is 0.437 e. The number of fused-ring (bicyclic) bond motifs is 4. The number of aryl methyl sites for hydroxylation is 2. The molecule has 0 saturated carbocycles. The second kappa shape index (κ2) is 6.29. The number of rotatable bonds is 2. The summed E-state index contributed by atoms with van der Waals surface area (Å²) < 4.78 is 31.4. The van der Waals surface area contributed by atoms with Crippen LogP contribution in [0.1, 0.15) is 15.4 Å². The van der Waals surface area contributed by atoms with Crippen LogP contribution in [0.2, 0.25) is 0 Å². The molecule has 4 heteroatoms. The molecule has 0 N–H and O–H groups in total. The molecule has 0 aliphatic carbocycles. The monoisotopic (exact) mass is 392 g/mol. The van der Waals surface area contributed by atoms with Crippen molar-refractivity contribution in [1.29, 1.82) is 0 Å². The summed E-state index contributed by atoms with van der Waals surface area (Å²) in [6.07, 6.45) is 0. The van der Waals surface area contributed by atoms with E-state index < -0.39 is 6.85 Å². The maximum absolute atomic E-state index is 7.69. The molecule has 0 saturated heterocycles. The molecule has 0 spiro atoms. The third-order valence-corrected chi connectivity index (χ3v) is 5.51. The topological polar surface area (TPSA) is 43.9 Å². The molecule has 144 valence electrons. The Morgan fingerprint density at radius 2 is 1.63 bits per heavy atom. The van der Waals surface area contributed by atoms with Crippen molar-refractivity contribution in [3.05, 3.63) is 90.1 Å². The van der Waals surface area contributed by atoms with Gasteiger partial charge in [0.25, 0.3) is 0 Å². The summed E-state index contributed by atoms with van der Waals surface area (Å²) in [5.41, 5.74) is 5.72. The number of benzene rings is 3. The van der Waals surface area contributed by atoms with Gasteiger partial charge in [-0.1, -0.05) is 42.5 Å². The highest BCUT2D eigenvalue weighted by Crippen LogP contribution is 2.39. The Balaban J connectivity index is 1.71. The van der Waals surface area contributed by atoms with Crippen LogP contribution >= 0.6 is 0 Å². The van der Waals surface area contributed by atoms with Gasteiger partial charge in [0.2, 0.25) is 5.71 Å². The minimum atomic E-state index is -2.30. The zero-order valence-electron chi connectivity index (χ0n) is 19.3. The highest BCUT2D eigenvalue weighted by Gasteiger charge is 2.21. The van der Waals surface area contributed by atoms with Crippen LogP contribution in [0.3, 0.4) is 0 Å². The van der Waals surface area contributed by atoms with Crippen LogP contribution in [0.4, 0.5) is 0 Å². The number of hydrogen-bond donors (Lipinski definition) is 0. The van der Waals surface area contributed by atoms with Crippen molar-refractivity contribution in [3.63, 3.8) is 0 Å². The van der Waals surface area contributed by atoms with Crippen molar-refractivity contribution in [2.75, 3.05) is 0 Å². The Bertz CT molecular complexity index is 1660. The molecule has 6 rings (SSSR count). The van der Waals surface area contributed by atoms with E-state index in [1.807, 2.05) is 55.5 Å². The second-order valence-corrected chi connectivity index (χ2v) is 7.38. The molecule has 0 unspecified atom stereocenters. The number of nitrogens with zero attached hydrogens (tertiary/aromatic N) is 3. The van der Waals surface area contributed by atoms with Crippen molar-refractivity contribution >= 4 is 33.1 Å². The highest BCUT2D eigenvalue weighted by molar-refractivity contribution is 6.09. The zero-order chi connectivity index (χ0) is 22.7. The van der Waals surface area contributed by atoms with Crippen molar-refractivity contribution in [2.24, 2.45) is 0 Å². The van der Waals surface area contributed by atoms with Gasteiger partial charge >= 0.3 is 0 Å². The van der Waals surface area contributed by atoms with Crippen LogP contribution < -0.4 is 0 Å². The fourth-order valence-electron chi connectivity index (χ4n) is 4.13. The smallest absolute Gasteiger partial charge is 0.227 e. The number of aromatic nitrogens is 3. The van der Waals surface area contributed by atoms with E-state index in [9.17, 15) is 0 Å². The van der Waals surface area contributed by atoms with Crippen molar-refractivity contribution < 1.29 is 8.53 Å². The predicted molar refractivity (Wildman–Crippen MR) is 121 cm³/mol. The predicted octanol–water partition coefficient (Wildman–Crippen LogP) is 6.60.